The Hall–Kier alpha value is -1.44. The number of hydrogen-bond acceptors (Lipinski definition) is 5. The van der Waals surface area contributed by atoms with E-state index in [-0.39, 0.29) is 17.6 Å². The molecule has 0 amide bonds. The SMILES string of the molecule is Nc1nc2ccc(Br)cc2c(=O)n1CC1COCCO1. The number of anilines is 1. The molecule has 1 fully saturated rings. The molecule has 7 heteroatoms. The van der Waals surface area contributed by atoms with Gasteiger partial charge in [0.15, 0.2) is 0 Å². The fourth-order valence-corrected chi connectivity index (χ4v) is 2.59. The Morgan fingerprint density at radius 2 is 2.30 bits per heavy atom. The molecule has 1 aliphatic rings. The van der Waals surface area contributed by atoms with E-state index in [1.54, 1.807) is 12.1 Å². The van der Waals surface area contributed by atoms with Crippen molar-refractivity contribution in [1.82, 2.24) is 9.55 Å². The predicted octanol–water partition coefficient (Wildman–Crippen LogP) is 1.16. The minimum atomic E-state index is -0.171. The number of fused-ring (bicyclic) bond motifs is 1. The van der Waals surface area contributed by atoms with Crippen LogP contribution < -0.4 is 11.3 Å². The number of nitrogen functional groups attached to an aromatic ring is 1. The lowest BCUT2D eigenvalue weighted by molar-refractivity contribution is -0.0937. The maximum Gasteiger partial charge on any atom is 0.262 e. The lowest BCUT2D eigenvalue weighted by Gasteiger charge is -2.24. The fraction of sp³-hybridized carbons (Fsp3) is 0.385. The van der Waals surface area contributed by atoms with E-state index in [1.807, 2.05) is 6.07 Å². The fourth-order valence-electron chi connectivity index (χ4n) is 2.23. The molecule has 1 saturated heterocycles. The van der Waals surface area contributed by atoms with Gasteiger partial charge in [-0.05, 0) is 18.2 Å². The first-order valence-corrected chi connectivity index (χ1v) is 7.09. The Labute approximate surface area is 123 Å². The van der Waals surface area contributed by atoms with Gasteiger partial charge in [-0.15, -0.1) is 0 Å². The van der Waals surface area contributed by atoms with Crippen LogP contribution >= 0.6 is 15.9 Å². The predicted molar refractivity (Wildman–Crippen MR) is 78.7 cm³/mol. The molecule has 1 aromatic heterocycles. The molecule has 20 heavy (non-hydrogen) atoms. The third-order valence-corrected chi connectivity index (χ3v) is 3.71. The van der Waals surface area contributed by atoms with Gasteiger partial charge in [-0.3, -0.25) is 9.36 Å². The van der Waals surface area contributed by atoms with Crippen molar-refractivity contribution in [3.63, 3.8) is 0 Å². The number of ether oxygens (including phenoxy) is 2. The normalized spacial score (nSPS) is 19.4. The van der Waals surface area contributed by atoms with Gasteiger partial charge in [0.1, 0.15) is 0 Å². The second-order valence-electron chi connectivity index (χ2n) is 4.61. The maximum atomic E-state index is 12.5. The third-order valence-electron chi connectivity index (χ3n) is 3.22. The maximum absolute atomic E-state index is 12.5. The molecule has 0 aliphatic carbocycles. The van der Waals surface area contributed by atoms with Crippen LogP contribution in [0.15, 0.2) is 27.5 Å². The first-order chi connectivity index (χ1) is 9.65. The zero-order valence-electron chi connectivity index (χ0n) is 10.7. The van der Waals surface area contributed by atoms with Crippen molar-refractivity contribution in [1.29, 1.82) is 0 Å². The Bertz CT molecular complexity index is 695. The van der Waals surface area contributed by atoms with Gasteiger partial charge >= 0.3 is 0 Å². The third kappa shape index (κ3) is 2.56. The van der Waals surface area contributed by atoms with E-state index in [0.717, 1.165) is 4.47 Å². The van der Waals surface area contributed by atoms with E-state index in [0.29, 0.717) is 37.3 Å². The molecule has 1 aliphatic heterocycles. The van der Waals surface area contributed by atoms with E-state index >= 15 is 0 Å². The second kappa shape index (κ2) is 5.51. The Morgan fingerprint density at radius 1 is 1.45 bits per heavy atom. The molecule has 0 spiro atoms. The molecule has 1 atom stereocenters. The van der Waals surface area contributed by atoms with Crippen molar-refractivity contribution < 1.29 is 9.47 Å². The highest BCUT2D eigenvalue weighted by Gasteiger charge is 2.18. The highest BCUT2D eigenvalue weighted by molar-refractivity contribution is 9.10. The Kier molecular flexibility index (Phi) is 3.73. The van der Waals surface area contributed by atoms with Crippen molar-refractivity contribution in [2.24, 2.45) is 0 Å². The van der Waals surface area contributed by atoms with Crippen LogP contribution in [0.4, 0.5) is 5.95 Å². The average Bonchev–Trinajstić information content (AvgIpc) is 2.46. The van der Waals surface area contributed by atoms with Gasteiger partial charge in [-0.2, -0.15) is 0 Å². The molecule has 106 valence electrons. The van der Waals surface area contributed by atoms with Gasteiger partial charge in [-0.1, -0.05) is 15.9 Å². The van der Waals surface area contributed by atoms with Gasteiger partial charge in [0, 0.05) is 4.47 Å². The molecule has 2 N–H and O–H groups in total. The molecule has 3 rings (SSSR count). The molecule has 2 aromatic rings. The number of benzene rings is 1. The second-order valence-corrected chi connectivity index (χ2v) is 5.53. The van der Waals surface area contributed by atoms with Crippen molar-refractivity contribution in [3.05, 3.63) is 33.0 Å². The van der Waals surface area contributed by atoms with Crippen LogP contribution in [0, 0.1) is 0 Å². The largest absolute Gasteiger partial charge is 0.376 e. The zero-order valence-corrected chi connectivity index (χ0v) is 12.3. The minimum Gasteiger partial charge on any atom is -0.376 e. The summed E-state index contributed by atoms with van der Waals surface area (Å²) >= 11 is 3.36. The van der Waals surface area contributed by atoms with Crippen LogP contribution in [0.1, 0.15) is 0 Å². The Balaban J connectivity index is 2.03. The van der Waals surface area contributed by atoms with Crippen LogP contribution in [0.2, 0.25) is 0 Å². The minimum absolute atomic E-state index is 0.164. The van der Waals surface area contributed by atoms with Gasteiger partial charge < -0.3 is 15.2 Å². The van der Waals surface area contributed by atoms with E-state index in [2.05, 4.69) is 20.9 Å². The van der Waals surface area contributed by atoms with Crippen molar-refractivity contribution in [3.8, 4) is 0 Å². The van der Waals surface area contributed by atoms with Crippen LogP contribution in [0.3, 0.4) is 0 Å². The van der Waals surface area contributed by atoms with Crippen molar-refractivity contribution >= 4 is 32.8 Å². The number of aromatic nitrogens is 2. The van der Waals surface area contributed by atoms with Gasteiger partial charge in [0.2, 0.25) is 5.95 Å². The summed E-state index contributed by atoms with van der Waals surface area (Å²) in [5, 5.41) is 0.533. The average molecular weight is 340 g/mol. The molecule has 6 nitrogen and oxygen atoms in total. The summed E-state index contributed by atoms with van der Waals surface area (Å²) in [5.41, 5.74) is 6.31. The molecule has 0 bridgehead atoms. The van der Waals surface area contributed by atoms with Crippen LogP contribution in [0.5, 0.6) is 0 Å². The summed E-state index contributed by atoms with van der Waals surface area (Å²) in [6.45, 7) is 1.93. The first-order valence-electron chi connectivity index (χ1n) is 6.30. The number of halogens is 1. The van der Waals surface area contributed by atoms with E-state index in [1.165, 1.54) is 4.57 Å². The smallest absolute Gasteiger partial charge is 0.262 e. The van der Waals surface area contributed by atoms with Gasteiger partial charge in [-0.25, -0.2) is 4.98 Å². The quantitative estimate of drug-likeness (QED) is 0.887. The van der Waals surface area contributed by atoms with E-state index < -0.39 is 0 Å². The number of nitrogens with two attached hydrogens (primary N) is 1. The first kappa shape index (κ1) is 13.5. The van der Waals surface area contributed by atoms with Crippen LogP contribution in [0.25, 0.3) is 10.9 Å². The molecule has 1 unspecified atom stereocenters. The van der Waals surface area contributed by atoms with Gasteiger partial charge in [0.05, 0.1) is 43.4 Å². The summed E-state index contributed by atoms with van der Waals surface area (Å²) in [7, 11) is 0. The van der Waals surface area contributed by atoms with Crippen molar-refractivity contribution in [2.75, 3.05) is 25.6 Å². The molecule has 1 aromatic carbocycles. The highest BCUT2D eigenvalue weighted by Crippen LogP contribution is 2.17. The van der Waals surface area contributed by atoms with Crippen molar-refractivity contribution in [2.45, 2.75) is 12.6 Å². The summed E-state index contributed by atoms with van der Waals surface area (Å²) in [6, 6.07) is 5.34. The molecular formula is C13H14BrN3O3. The topological polar surface area (TPSA) is 79.4 Å². The molecular weight excluding hydrogens is 326 g/mol. The van der Waals surface area contributed by atoms with E-state index in [9.17, 15) is 4.79 Å². The lowest BCUT2D eigenvalue weighted by Crippen LogP contribution is -2.36. The molecule has 0 saturated carbocycles. The van der Waals surface area contributed by atoms with E-state index in [4.69, 9.17) is 15.2 Å². The summed E-state index contributed by atoms with van der Waals surface area (Å²) in [4.78, 5) is 16.8. The Morgan fingerprint density at radius 3 is 3.05 bits per heavy atom. The monoisotopic (exact) mass is 339 g/mol. The number of hydrogen-bond donors (Lipinski definition) is 1. The van der Waals surface area contributed by atoms with Gasteiger partial charge in [0.25, 0.3) is 5.56 Å². The summed E-state index contributed by atoms with van der Waals surface area (Å²) in [6.07, 6.45) is -0.171. The summed E-state index contributed by atoms with van der Waals surface area (Å²) < 4.78 is 13.2. The lowest BCUT2D eigenvalue weighted by atomic mass is 10.2. The molecule has 0 radical (unpaired) electrons. The molecule has 2 heterocycles. The standard InChI is InChI=1S/C13H14BrN3O3/c14-8-1-2-11-10(5-8)12(18)17(13(15)16-11)6-9-7-19-3-4-20-9/h1-2,5,9H,3-4,6-7H2,(H2,15,16). The van der Waals surface area contributed by atoms with Crippen LogP contribution in [-0.4, -0.2) is 35.5 Å². The number of rotatable bonds is 2. The highest BCUT2D eigenvalue weighted by atomic mass is 79.9. The zero-order chi connectivity index (χ0) is 14.1. The summed E-state index contributed by atoms with van der Waals surface area (Å²) in [5.74, 6) is 0.194. The van der Waals surface area contributed by atoms with Crippen LogP contribution in [-0.2, 0) is 16.0 Å². The number of nitrogens with zero attached hydrogens (tertiary/aromatic N) is 2.